The number of carbonyl (C=O) groups excluding carboxylic acids is 3. The minimum Gasteiger partial charge on any atom is -0.480 e. The van der Waals surface area contributed by atoms with E-state index in [4.69, 9.17) is 4.74 Å². The molecule has 0 saturated carbocycles. The molecule has 0 aliphatic carbocycles. The van der Waals surface area contributed by atoms with Crippen LogP contribution in [0, 0.1) is 5.92 Å². The third-order valence-corrected chi connectivity index (χ3v) is 8.01. The summed E-state index contributed by atoms with van der Waals surface area (Å²) in [4.78, 5) is 39.7. The minimum atomic E-state index is -3.74. The van der Waals surface area contributed by atoms with Gasteiger partial charge < -0.3 is 4.74 Å². The smallest absolute Gasteiger partial charge is 0.270 e. The molecule has 1 fully saturated rings. The minimum absolute atomic E-state index is 0.0264. The largest absolute Gasteiger partial charge is 0.480 e. The number of hydrogen-bond acceptors (Lipinski definition) is 6. The van der Waals surface area contributed by atoms with Crippen LogP contribution in [0.15, 0.2) is 53.4 Å². The number of sulfonamides is 1. The topological polar surface area (TPSA) is 101 Å². The highest BCUT2D eigenvalue weighted by molar-refractivity contribution is 7.89. The molecule has 8 nitrogen and oxygen atoms in total. The number of ketones is 1. The van der Waals surface area contributed by atoms with Gasteiger partial charge in [0.15, 0.2) is 11.9 Å². The van der Waals surface area contributed by atoms with E-state index >= 15 is 0 Å². The predicted molar refractivity (Wildman–Crippen MR) is 121 cm³/mol. The van der Waals surface area contributed by atoms with Crippen LogP contribution >= 0.6 is 0 Å². The average molecular weight is 471 g/mol. The van der Waals surface area contributed by atoms with E-state index in [0.29, 0.717) is 19.0 Å². The molecule has 0 N–H and O–H groups in total. The van der Waals surface area contributed by atoms with Gasteiger partial charge in [0.05, 0.1) is 17.0 Å². The molecule has 2 aliphatic heterocycles. The van der Waals surface area contributed by atoms with Crippen molar-refractivity contribution in [2.24, 2.45) is 5.92 Å². The number of piperidine rings is 1. The van der Waals surface area contributed by atoms with Gasteiger partial charge in [-0.1, -0.05) is 31.2 Å². The molecule has 2 amide bonds. The van der Waals surface area contributed by atoms with E-state index in [1.165, 1.54) is 41.6 Å². The highest BCUT2D eigenvalue weighted by Crippen LogP contribution is 2.27. The van der Waals surface area contributed by atoms with Crippen molar-refractivity contribution >= 4 is 27.6 Å². The Morgan fingerprint density at radius 3 is 2.45 bits per heavy atom. The highest BCUT2D eigenvalue weighted by atomic mass is 32.2. The SMILES string of the molecule is CC1CCN(S(=O)(=O)c2cccc(C(=O)CN3C(=O)c4ccccc4O[C@H](C)C3=O)c2)CC1. The van der Waals surface area contributed by atoms with Crippen molar-refractivity contribution in [1.82, 2.24) is 9.21 Å². The predicted octanol–water partition coefficient (Wildman–Crippen LogP) is 2.74. The van der Waals surface area contributed by atoms with Crippen molar-refractivity contribution in [2.45, 2.75) is 37.7 Å². The molecule has 1 saturated heterocycles. The summed E-state index contributed by atoms with van der Waals surface area (Å²) in [6.45, 7) is 3.98. The Labute approximate surface area is 193 Å². The van der Waals surface area contributed by atoms with Crippen molar-refractivity contribution in [1.29, 1.82) is 0 Å². The standard InChI is InChI=1S/C24H26N2O6S/c1-16-10-12-25(13-11-16)33(30,31)19-7-5-6-18(14-19)21(27)15-26-23(28)17(2)32-22-9-4-3-8-20(22)24(26)29/h3-9,14,16-17H,10-13,15H2,1-2H3/t17-/m1/s1. The lowest BCUT2D eigenvalue weighted by Gasteiger charge is -2.29. The number of para-hydroxylation sites is 1. The molecule has 2 heterocycles. The zero-order valence-electron chi connectivity index (χ0n) is 18.6. The van der Waals surface area contributed by atoms with Gasteiger partial charge in [0.1, 0.15) is 5.75 Å². The number of fused-ring (bicyclic) bond motifs is 1. The van der Waals surface area contributed by atoms with E-state index in [-0.39, 0.29) is 21.8 Å². The van der Waals surface area contributed by atoms with Gasteiger partial charge in [-0.25, -0.2) is 8.42 Å². The fraction of sp³-hybridized carbons (Fsp3) is 0.375. The van der Waals surface area contributed by atoms with Gasteiger partial charge in [-0.3, -0.25) is 19.3 Å². The first-order chi connectivity index (χ1) is 15.7. The Hall–Kier alpha value is -3.04. The molecule has 1 atom stereocenters. The molecule has 0 spiro atoms. The molecule has 2 aliphatic rings. The number of nitrogens with zero attached hydrogens (tertiary/aromatic N) is 2. The first-order valence-electron chi connectivity index (χ1n) is 10.9. The molecule has 174 valence electrons. The van der Waals surface area contributed by atoms with Crippen LogP contribution in [0.3, 0.4) is 0 Å². The third-order valence-electron chi connectivity index (χ3n) is 6.12. The Kier molecular flexibility index (Phi) is 6.36. The molecule has 0 bridgehead atoms. The lowest BCUT2D eigenvalue weighted by molar-refractivity contribution is -0.134. The Morgan fingerprint density at radius 1 is 1.03 bits per heavy atom. The average Bonchev–Trinajstić information content (AvgIpc) is 2.90. The summed E-state index contributed by atoms with van der Waals surface area (Å²) < 4.78 is 33.2. The summed E-state index contributed by atoms with van der Waals surface area (Å²) in [7, 11) is -3.74. The number of rotatable bonds is 5. The van der Waals surface area contributed by atoms with Gasteiger partial charge in [0.2, 0.25) is 10.0 Å². The second-order valence-electron chi connectivity index (χ2n) is 8.52. The maximum atomic E-state index is 13.1. The maximum absolute atomic E-state index is 13.1. The van der Waals surface area contributed by atoms with Gasteiger partial charge in [-0.2, -0.15) is 4.31 Å². The Balaban J connectivity index is 1.58. The Bertz CT molecular complexity index is 1200. The number of Topliss-reactive ketones (excluding diaryl/α,β-unsaturated/α-hetero) is 1. The third kappa shape index (κ3) is 4.56. The maximum Gasteiger partial charge on any atom is 0.270 e. The van der Waals surface area contributed by atoms with Crippen molar-refractivity contribution in [3.8, 4) is 5.75 Å². The normalized spacial score (nSPS) is 20.2. The van der Waals surface area contributed by atoms with E-state index in [1.807, 2.05) is 0 Å². The number of imide groups is 1. The monoisotopic (exact) mass is 470 g/mol. The first-order valence-corrected chi connectivity index (χ1v) is 12.4. The zero-order valence-corrected chi connectivity index (χ0v) is 19.4. The van der Waals surface area contributed by atoms with Crippen molar-refractivity contribution in [2.75, 3.05) is 19.6 Å². The molecular weight excluding hydrogens is 444 g/mol. The van der Waals surface area contributed by atoms with Crippen LogP contribution in [0.25, 0.3) is 0 Å². The molecule has 9 heteroatoms. The summed E-state index contributed by atoms with van der Waals surface area (Å²) >= 11 is 0. The molecule has 4 rings (SSSR count). The van der Waals surface area contributed by atoms with E-state index < -0.39 is 40.3 Å². The summed E-state index contributed by atoms with van der Waals surface area (Å²) in [5.41, 5.74) is 0.312. The molecule has 2 aromatic carbocycles. The van der Waals surface area contributed by atoms with Crippen LogP contribution in [-0.2, 0) is 14.8 Å². The number of amides is 2. The molecule has 2 aromatic rings. The van der Waals surface area contributed by atoms with Crippen molar-refractivity contribution in [3.05, 3.63) is 59.7 Å². The van der Waals surface area contributed by atoms with Gasteiger partial charge in [-0.05, 0) is 49.9 Å². The molecule has 0 aromatic heterocycles. The summed E-state index contributed by atoms with van der Waals surface area (Å²) in [5.74, 6) is -1.03. The fourth-order valence-electron chi connectivity index (χ4n) is 4.04. The quantitative estimate of drug-likeness (QED) is 0.492. The summed E-state index contributed by atoms with van der Waals surface area (Å²) in [6.07, 6.45) is 0.635. The van der Waals surface area contributed by atoms with E-state index in [9.17, 15) is 22.8 Å². The Morgan fingerprint density at radius 2 is 1.73 bits per heavy atom. The number of benzene rings is 2. The number of carbonyl (C=O) groups is 3. The fourth-order valence-corrected chi connectivity index (χ4v) is 5.56. The van der Waals surface area contributed by atoms with Crippen LogP contribution in [-0.4, -0.2) is 61.0 Å². The van der Waals surface area contributed by atoms with Gasteiger partial charge in [-0.15, -0.1) is 0 Å². The summed E-state index contributed by atoms with van der Waals surface area (Å²) in [5, 5.41) is 0. The van der Waals surface area contributed by atoms with Crippen LogP contribution < -0.4 is 4.74 Å². The van der Waals surface area contributed by atoms with Crippen LogP contribution in [0.5, 0.6) is 5.75 Å². The van der Waals surface area contributed by atoms with E-state index in [1.54, 1.807) is 18.2 Å². The van der Waals surface area contributed by atoms with Crippen LogP contribution in [0.2, 0.25) is 0 Å². The van der Waals surface area contributed by atoms with Crippen molar-refractivity contribution in [3.63, 3.8) is 0 Å². The van der Waals surface area contributed by atoms with E-state index in [2.05, 4.69) is 6.92 Å². The zero-order chi connectivity index (χ0) is 23.8. The summed E-state index contributed by atoms with van der Waals surface area (Å²) in [6, 6.07) is 12.2. The second-order valence-corrected chi connectivity index (χ2v) is 10.5. The number of hydrogen-bond donors (Lipinski definition) is 0. The first kappa shape index (κ1) is 23.1. The molecule has 0 unspecified atom stereocenters. The molecular formula is C24H26N2O6S. The van der Waals surface area contributed by atoms with Crippen LogP contribution in [0.1, 0.15) is 47.4 Å². The number of ether oxygens (including phenoxy) is 1. The van der Waals surface area contributed by atoms with Gasteiger partial charge in [0.25, 0.3) is 11.8 Å². The van der Waals surface area contributed by atoms with Gasteiger partial charge >= 0.3 is 0 Å². The second kappa shape index (κ2) is 9.07. The van der Waals surface area contributed by atoms with E-state index in [0.717, 1.165) is 17.7 Å². The molecule has 33 heavy (non-hydrogen) atoms. The highest BCUT2D eigenvalue weighted by Gasteiger charge is 2.35. The lowest BCUT2D eigenvalue weighted by Crippen LogP contribution is -2.44. The van der Waals surface area contributed by atoms with Gasteiger partial charge in [0, 0.05) is 18.7 Å². The van der Waals surface area contributed by atoms with Crippen LogP contribution in [0.4, 0.5) is 0 Å². The molecule has 0 radical (unpaired) electrons. The van der Waals surface area contributed by atoms with Crippen molar-refractivity contribution < 1.29 is 27.5 Å². The lowest BCUT2D eigenvalue weighted by atomic mass is 10.0.